The van der Waals surface area contributed by atoms with E-state index < -0.39 is 30.6 Å². The van der Waals surface area contributed by atoms with Crippen molar-refractivity contribution in [1.82, 2.24) is 23.9 Å². The minimum atomic E-state index is -4.92. The second-order valence-electron chi connectivity index (χ2n) is 8.05. The number of alkyl halides is 3. The number of rotatable bonds is 7. The molecule has 4 aromatic rings. The van der Waals surface area contributed by atoms with Gasteiger partial charge in [0.1, 0.15) is 6.10 Å². The molecule has 2 atom stereocenters. The van der Waals surface area contributed by atoms with E-state index in [2.05, 4.69) is 10.1 Å². The van der Waals surface area contributed by atoms with Crippen LogP contribution in [0.1, 0.15) is 24.7 Å². The van der Waals surface area contributed by atoms with E-state index in [1.54, 1.807) is 36.4 Å². The van der Waals surface area contributed by atoms with E-state index in [9.17, 15) is 28.2 Å². The van der Waals surface area contributed by atoms with Crippen LogP contribution in [0.5, 0.6) is 0 Å². The zero-order chi connectivity index (χ0) is 26.2. The van der Waals surface area contributed by atoms with Crippen molar-refractivity contribution in [3.05, 3.63) is 86.9 Å². The summed E-state index contributed by atoms with van der Waals surface area (Å²) >= 11 is 12.0. The molecule has 0 aliphatic heterocycles. The molecule has 2 aromatic carbocycles. The van der Waals surface area contributed by atoms with Gasteiger partial charge in [0, 0.05) is 16.2 Å². The number of imidazole rings is 1. The van der Waals surface area contributed by atoms with Gasteiger partial charge in [0.15, 0.2) is 17.8 Å². The van der Waals surface area contributed by atoms with Gasteiger partial charge in [-0.3, -0.25) is 9.13 Å². The lowest BCUT2D eigenvalue weighted by atomic mass is 10.1. The fourth-order valence-electron chi connectivity index (χ4n) is 3.56. The van der Waals surface area contributed by atoms with Crippen molar-refractivity contribution < 1.29 is 23.4 Å². The summed E-state index contributed by atoms with van der Waals surface area (Å²) in [6, 6.07) is 12.8. The maximum atomic E-state index is 13.2. The van der Waals surface area contributed by atoms with Crippen molar-refractivity contribution in [2.24, 2.45) is 0 Å². The van der Waals surface area contributed by atoms with Gasteiger partial charge in [-0.2, -0.15) is 13.2 Å². The summed E-state index contributed by atoms with van der Waals surface area (Å²) in [4.78, 5) is 17.6. The maximum absolute atomic E-state index is 13.2. The molecule has 0 aliphatic rings. The highest BCUT2D eigenvalue weighted by atomic mass is 35.5. The molecular weight excluding hydrogens is 522 g/mol. The Morgan fingerprint density at radius 2 is 1.75 bits per heavy atom. The summed E-state index contributed by atoms with van der Waals surface area (Å²) < 4.78 is 42.7. The first-order valence-electron chi connectivity index (χ1n) is 10.6. The number of hydrogen-bond donors (Lipinski definition) is 2. The molecule has 2 N–H and O–H groups in total. The monoisotopic (exact) mass is 541 g/mol. The van der Waals surface area contributed by atoms with Crippen LogP contribution in [0, 0.1) is 0 Å². The standard InChI is InChI=1S/C23H20Cl2F3N5O3/c1-13(34)21-29-20(33(30-21)17-4-2-3-16(25)9-17)12-31-10-18(14-5-7-15(24)8-6-14)32(22(31)36)11-19(35)23(26,27)28/h2-10,13,19,34-35H,11-12H2,1H3/t13-,19-/m0/s1. The van der Waals surface area contributed by atoms with E-state index >= 15 is 0 Å². The van der Waals surface area contributed by atoms with Crippen LogP contribution in [0.4, 0.5) is 13.2 Å². The molecule has 2 heterocycles. The number of aromatic nitrogens is 5. The van der Waals surface area contributed by atoms with Gasteiger partial charge >= 0.3 is 11.9 Å². The number of benzene rings is 2. The third-order valence-electron chi connectivity index (χ3n) is 5.35. The highest BCUT2D eigenvalue weighted by molar-refractivity contribution is 6.31. The fourth-order valence-corrected chi connectivity index (χ4v) is 3.87. The zero-order valence-corrected chi connectivity index (χ0v) is 20.2. The number of halogens is 5. The number of nitrogens with zero attached hydrogens (tertiary/aromatic N) is 5. The minimum Gasteiger partial charge on any atom is -0.385 e. The van der Waals surface area contributed by atoms with E-state index in [1.807, 2.05) is 0 Å². The van der Waals surface area contributed by atoms with Gasteiger partial charge in [0.2, 0.25) is 0 Å². The van der Waals surface area contributed by atoms with Gasteiger partial charge in [0.25, 0.3) is 0 Å². The summed E-state index contributed by atoms with van der Waals surface area (Å²) in [6.07, 6.45) is -7.32. The topological polar surface area (TPSA) is 98.1 Å². The Morgan fingerprint density at radius 1 is 1.06 bits per heavy atom. The maximum Gasteiger partial charge on any atom is 0.416 e. The smallest absolute Gasteiger partial charge is 0.385 e. The summed E-state index contributed by atoms with van der Waals surface area (Å²) in [6.45, 7) is 0.273. The highest BCUT2D eigenvalue weighted by Crippen LogP contribution is 2.26. The molecule has 2 aromatic heterocycles. The molecule has 4 rings (SSSR count). The van der Waals surface area contributed by atoms with Gasteiger partial charge < -0.3 is 10.2 Å². The van der Waals surface area contributed by atoms with Crippen molar-refractivity contribution in [2.75, 3.05) is 0 Å². The van der Waals surface area contributed by atoms with Crippen LogP contribution in [0.2, 0.25) is 10.0 Å². The Bertz CT molecular complexity index is 1430. The Balaban J connectivity index is 1.82. The molecule has 13 heteroatoms. The molecule has 0 aliphatic carbocycles. The first kappa shape index (κ1) is 26.0. The van der Waals surface area contributed by atoms with Crippen LogP contribution in [0.15, 0.2) is 59.5 Å². The van der Waals surface area contributed by atoms with Crippen LogP contribution < -0.4 is 5.69 Å². The molecule has 190 valence electrons. The number of aliphatic hydroxyl groups excluding tert-OH is 2. The van der Waals surface area contributed by atoms with Crippen LogP contribution >= 0.6 is 23.2 Å². The quantitative estimate of drug-likeness (QED) is 0.365. The zero-order valence-electron chi connectivity index (χ0n) is 18.7. The minimum absolute atomic E-state index is 0.0860. The van der Waals surface area contributed by atoms with Crippen LogP contribution in [0.3, 0.4) is 0 Å². The third-order valence-corrected chi connectivity index (χ3v) is 5.83. The fraction of sp³-hybridized carbons (Fsp3) is 0.261. The molecular formula is C23H20Cl2F3N5O3. The third kappa shape index (κ3) is 5.49. The Morgan fingerprint density at radius 3 is 2.36 bits per heavy atom. The molecule has 0 fully saturated rings. The van der Waals surface area contributed by atoms with Crippen molar-refractivity contribution in [2.45, 2.75) is 38.4 Å². The molecule has 0 saturated carbocycles. The van der Waals surface area contributed by atoms with E-state index in [-0.39, 0.29) is 23.9 Å². The molecule has 0 saturated heterocycles. The SMILES string of the molecule is C[C@H](O)c1nc(Cn2cc(-c3ccc(Cl)cc3)n(C[C@H](O)C(F)(F)F)c2=O)n(-c2cccc(Cl)c2)n1. The summed E-state index contributed by atoms with van der Waals surface area (Å²) in [5.74, 6) is 0.314. The summed E-state index contributed by atoms with van der Waals surface area (Å²) in [5, 5.41) is 24.8. The average Bonchev–Trinajstić information content (AvgIpc) is 3.36. The first-order valence-corrected chi connectivity index (χ1v) is 11.4. The molecule has 0 spiro atoms. The highest BCUT2D eigenvalue weighted by Gasteiger charge is 2.39. The average molecular weight is 542 g/mol. The lowest BCUT2D eigenvalue weighted by Gasteiger charge is -2.16. The van der Waals surface area contributed by atoms with Crippen LogP contribution in [-0.2, 0) is 13.1 Å². The first-order chi connectivity index (χ1) is 16.9. The van der Waals surface area contributed by atoms with Crippen LogP contribution in [-0.4, -0.2) is 46.4 Å². The predicted molar refractivity (Wildman–Crippen MR) is 127 cm³/mol. The lowest BCUT2D eigenvalue weighted by Crippen LogP contribution is -2.37. The van der Waals surface area contributed by atoms with Crippen molar-refractivity contribution >= 4 is 23.2 Å². The summed E-state index contributed by atoms with van der Waals surface area (Å²) in [5.41, 5.74) is 0.271. The molecule has 8 nitrogen and oxygen atoms in total. The molecule has 0 amide bonds. The molecule has 0 bridgehead atoms. The number of hydrogen-bond acceptors (Lipinski definition) is 5. The van der Waals surface area contributed by atoms with E-state index in [0.717, 1.165) is 9.13 Å². The van der Waals surface area contributed by atoms with Crippen LogP contribution in [0.25, 0.3) is 16.9 Å². The van der Waals surface area contributed by atoms with E-state index in [1.165, 1.54) is 29.9 Å². The van der Waals surface area contributed by atoms with Crippen molar-refractivity contribution in [1.29, 1.82) is 0 Å². The van der Waals surface area contributed by atoms with Gasteiger partial charge in [-0.25, -0.2) is 14.5 Å². The van der Waals surface area contributed by atoms with E-state index in [4.69, 9.17) is 23.2 Å². The normalized spacial score (nSPS) is 13.7. The summed E-state index contributed by atoms with van der Waals surface area (Å²) in [7, 11) is 0. The Kier molecular flexibility index (Phi) is 7.28. The predicted octanol–water partition coefficient (Wildman–Crippen LogP) is 4.23. The number of aliphatic hydroxyl groups is 2. The van der Waals surface area contributed by atoms with Gasteiger partial charge in [-0.05, 0) is 42.8 Å². The second kappa shape index (κ2) is 10.1. The Labute approximate surface area is 212 Å². The molecule has 36 heavy (non-hydrogen) atoms. The van der Waals surface area contributed by atoms with Gasteiger partial charge in [0.05, 0.1) is 24.5 Å². The second-order valence-corrected chi connectivity index (χ2v) is 8.93. The largest absolute Gasteiger partial charge is 0.416 e. The lowest BCUT2D eigenvalue weighted by molar-refractivity contribution is -0.207. The van der Waals surface area contributed by atoms with Crippen molar-refractivity contribution in [3.63, 3.8) is 0 Å². The Hall–Kier alpha value is -3.12. The van der Waals surface area contributed by atoms with Gasteiger partial charge in [-0.15, -0.1) is 5.10 Å². The van der Waals surface area contributed by atoms with Crippen molar-refractivity contribution in [3.8, 4) is 16.9 Å². The molecule has 0 radical (unpaired) electrons. The van der Waals surface area contributed by atoms with Gasteiger partial charge in [-0.1, -0.05) is 41.4 Å². The molecule has 0 unspecified atom stereocenters. The van der Waals surface area contributed by atoms with E-state index in [0.29, 0.717) is 21.3 Å².